The second kappa shape index (κ2) is 5.29. The molecule has 0 aliphatic carbocycles. The second-order valence-electron chi connectivity index (χ2n) is 2.91. The highest BCUT2D eigenvalue weighted by Crippen LogP contribution is 1.95. The lowest BCUT2D eigenvalue weighted by atomic mass is 10.5. The SMILES string of the molecule is CC(=O)N(C)C(C)[SiH2]OC(C)O. The molecule has 0 bridgehead atoms. The molecular formula is C7H17NO3Si. The van der Waals surface area contributed by atoms with E-state index in [4.69, 9.17) is 9.53 Å². The summed E-state index contributed by atoms with van der Waals surface area (Å²) in [5, 5.41) is 8.83. The van der Waals surface area contributed by atoms with Crippen LogP contribution < -0.4 is 0 Å². The van der Waals surface area contributed by atoms with Gasteiger partial charge in [-0.3, -0.25) is 4.79 Å². The highest BCUT2D eigenvalue weighted by Gasteiger charge is 2.13. The Morgan fingerprint density at radius 1 is 1.58 bits per heavy atom. The van der Waals surface area contributed by atoms with Crippen LogP contribution in [0, 0.1) is 0 Å². The van der Waals surface area contributed by atoms with E-state index < -0.39 is 16.1 Å². The van der Waals surface area contributed by atoms with Gasteiger partial charge in [-0.2, -0.15) is 0 Å². The lowest BCUT2D eigenvalue weighted by molar-refractivity contribution is -0.128. The van der Waals surface area contributed by atoms with Crippen molar-refractivity contribution in [3.63, 3.8) is 0 Å². The Kier molecular flexibility index (Phi) is 5.11. The fourth-order valence-corrected chi connectivity index (χ4v) is 1.74. The van der Waals surface area contributed by atoms with E-state index in [1.54, 1.807) is 18.9 Å². The van der Waals surface area contributed by atoms with Crippen LogP contribution in [0.2, 0.25) is 0 Å². The molecule has 2 atom stereocenters. The van der Waals surface area contributed by atoms with Crippen molar-refractivity contribution in [2.45, 2.75) is 32.7 Å². The normalized spacial score (nSPS) is 16.4. The Morgan fingerprint density at radius 2 is 2.08 bits per heavy atom. The molecule has 0 aromatic rings. The lowest BCUT2D eigenvalue weighted by Gasteiger charge is -2.23. The van der Waals surface area contributed by atoms with Gasteiger partial charge in [0.15, 0.2) is 9.76 Å². The third kappa shape index (κ3) is 4.48. The summed E-state index contributed by atoms with van der Waals surface area (Å²) in [6.45, 7) is 5.02. The minimum atomic E-state index is -0.847. The zero-order valence-corrected chi connectivity index (χ0v) is 9.49. The van der Waals surface area contributed by atoms with Crippen molar-refractivity contribution in [1.82, 2.24) is 4.90 Å². The second-order valence-corrected chi connectivity index (χ2v) is 4.76. The molecule has 0 radical (unpaired) electrons. The summed E-state index contributed by atoms with van der Waals surface area (Å²) in [6, 6.07) is 0. The molecule has 1 N–H and O–H groups in total. The van der Waals surface area contributed by atoms with E-state index in [-0.39, 0.29) is 11.6 Å². The summed E-state index contributed by atoms with van der Waals surface area (Å²) in [6.07, 6.45) is -0.709. The summed E-state index contributed by atoms with van der Waals surface area (Å²) in [4.78, 5) is 12.5. The highest BCUT2D eigenvalue weighted by atomic mass is 28.2. The van der Waals surface area contributed by atoms with Gasteiger partial charge < -0.3 is 14.4 Å². The maximum Gasteiger partial charge on any atom is 0.219 e. The molecule has 0 aliphatic rings. The maximum atomic E-state index is 10.9. The number of carbonyl (C=O) groups is 1. The van der Waals surface area contributed by atoms with Crippen LogP contribution in [-0.4, -0.2) is 44.7 Å². The highest BCUT2D eigenvalue weighted by molar-refractivity contribution is 6.30. The van der Waals surface area contributed by atoms with Crippen LogP contribution in [-0.2, 0) is 9.22 Å². The van der Waals surface area contributed by atoms with E-state index in [0.29, 0.717) is 0 Å². The summed E-state index contributed by atoms with van der Waals surface area (Å²) < 4.78 is 5.08. The largest absolute Gasteiger partial charge is 0.398 e. The molecule has 2 unspecified atom stereocenters. The molecule has 0 spiro atoms. The van der Waals surface area contributed by atoms with Gasteiger partial charge in [0.1, 0.15) is 6.29 Å². The third-order valence-corrected chi connectivity index (χ3v) is 3.44. The smallest absolute Gasteiger partial charge is 0.219 e. The van der Waals surface area contributed by atoms with Gasteiger partial charge in [-0.1, -0.05) is 0 Å². The van der Waals surface area contributed by atoms with Crippen LogP contribution >= 0.6 is 0 Å². The van der Waals surface area contributed by atoms with Crippen molar-refractivity contribution < 1.29 is 14.3 Å². The van der Waals surface area contributed by atoms with E-state index in [9.17, 15) is 4.79 Å². The average molecular weight is 191 g/mol. The van der Waals surface area contributed by atoms with Gasteiger partial charge in [-0.25, -0.2) is 0 Å². The molecule has 5 heteroatoms. The number of nitrogens with zero attached hydrogens (tertiary/aromatic N) is 1. The molecule has 0 rings (SSSR count). The first-order chi connectivity index (χ1) is 5.45. The van der Waals surface area contributed by atoms with Crippen LogP contribution in [0.4, 0.5) is 0 Å². The van der Waals surface area contributed by atoms with Gasteiger partial charge in [-0.15, -0.1) is 0 Å². The molecule has 1 amide bonds. The van der Waals surface area contributed by atoms with Crippen LogP contribution in [0.25, 0.3) is 0 Å². The number of hydrogen-bond acceptors (Lipinski definition) is 3. The minimum absolute atomic E-state index is 0.0317. The monoisotopic (exact) mass is 191 g/mol. The Hall–Kier alpha value is -0.393. The van der Waals surface area contributed by atoms with Crippen LogP contribution in [0.5, 0.6) is 0 Å². The standard InChI is InChI=1S/C7H17NO3Si/c1-5(9)8(4)6(2)12-11-7(3)10/h6-7,10H,12H2,1-4H3. The molecule has 0 aromatic heterocycles. The van der Waals surface area contributed by atoms with Gasteiger partial charge in [0.05, 0.1) is 0 Å². The van der Waals surface area contributed by atoms with Gasteiger partial charge in [0.25, 0.3) is 0 Å². The van der Waals surface area contributed by atoms with E-state index in [1.165, 1.54) is 6.92 Å². The first-order valence-electron chi connectivity index (χ1n) is 3.98. The van der Waals surface area contributed by atoms with Crippen molar-refractivity contribution in [2.24, 2.45) is 0 Å². The van der Waals surface area contributed by atoms with E-state index in [2.05, 4.69) is 0 Å². The molecule has 0 fully saturated rings. The average Bonchev–Trinajstić information content (AvgIpc) is 1.98. The van der Waals surface area contributed by atoms with Crippen LogP contribution in [0.15, 0.2) is 0 Å². The molecule has 0 aromatic carbocycles. The molecule has 0 saturated heterocycles. The first-order valence-corrected chi connectivity index (χ1v) is 5.37. The van der Waals surface area contributed by atoms with Gasteiger partial charge in [0, 0.05) is 19.6 Å². The quantitative estimate of drug-likeness (QED) is 0.470. The Morgan fingerprint density at radius 3 is 2.42 bits per heavy atom. The molecule has 0 heterocycles. The maximum absolute atomic E-state index is 10.9. The van der Waals surface area contributed by atoms with Crippen molar-refractivity contribution >= 4 is 15.7 Å². The van der Waals surface area contributed by atoms with Crippen molar-refractivity contribution in [3.8, 4) is 0 Å². The van der Waals surface area contributed by atoms with Crippen LogP contribution in [0.1, 0.15) is 20.8 Å². The lowest BCUT2D eigenvalue weighted by Crippen LogP contribution is -2.39. The summed E-state index contributed by atoms with van der Waals surface area (Å²) in [5.74, 6) is 0.0317. The zero-order chi connectivity index (χ0) is 9.72. The molecule has 72 valence electrons. The number of amides is 1. The number of hydrogen-bond donors (Lipinski definition) is 1. The fourth-order valence-electron chi connectivity index (χ4n) is 0.701. The molecular weight excluding hydrogens is 174 g/mol. The zero-order valence-electron chi connectivity index (χ0n) is 8.07. The minimum Gasteiger partial charge on any atom is -0.398 e. The predicted octanol–water partition coefficient (Wildman–Crippen LogP) is -0.751. The van der Waals surface area contributed by atoms with E-state index in [1.807, 2.05) is 6.92 Å². The number of rotatable bonds is 4. The van der Waals surface area contributed by atoms with Crippen molar-refractivity contribution in [3.05, 3.63) is 0 Å². The van der Waals surface area contributed by atoms with Gasteiger partial charge in [0.2, 0.25) is 5.91 Å². The van der Waals surface area contributed by atoms with E-state index >= 15 is 0 Å². The Bertz CT molecular complexity index is 152. The van der Waals surface area contributed by atoms with Crippen LogP contribution in [0.3, 0.4) is 0 Å². The van der Waals surface area contributed by atoms with Gasteiger partial charge in [-0.05, 0) is 13.8 Å². The molecule has 12 heavy (non-hydrogen) atoms. The van der Waals surface area contributed by atoms with E-state index in [0.717, 1.165) is 0 Å². The Balaban J connectivity index is 3.71. The summed E-state index contributed by atoms with van der Waals surface area (Å²) >= 11 is 0. The predicted molar refractivity (Wildman–Crippen MR) is 49.2 cm³/mol. The number of carbonyl (C=O) groups excluding carboxylic acids is 1. The summed E-state index contributed by atoms with van der Waals surface area (Å²) in [5.41, 5.74) is 0.136. The van der Waals surface area contributed by atoms with Gasteiger partial charge >= 0.3 is 0 Å². The fraction of sp³-hybridized carbons (Fsp3) is 0.857. The molecule has 0 saturated carbocycles. The first kappa shape index (κ1) is 11.6. The third-order valence-electron chi connectivity index (χ3n) is 1.74. The van der Waals surface area contributed by atoms with Crippen molar-refractivity contribution in [2.75, 3.05) is 7.05 Å². The molecule has 4 nitrogen and oxygen atoms in total. The number of aliphatic hydroxyl groups excluding tert-OH is 1. The summed E-state index contributed by atoms with van der Waals surface area (Å²) in [7, 11) is 0.895. The molecule has 0 aliphatic heterocycles. The van der Waals surface area contributed by atoms with Crippen molar-refractivity contribution in [1.29, 1.82) is 0 Å². The Labute approximate surface area is 75.5 Å². The topological polar surface area (TPSA) is 49.8 Å². The number of aliphatic hydroxyl groups is 1.